The Hall–Kier alpha value is -2.69. The molecule has 2 aromatic carbocycles. The number of rotatable bonds is 5. The minimum atomic E-state index is -4.04. The zero-order chi connectivity index (χ0) is 20.5. The smallest absolute Gasteiger partial charge is 0.257 e. The van der Waals surface area contributed by atoms with Gasteiger partial charge in [0.1, 0.15) is 16.5 Å². The van der Waals surface area contributed by atoms with E-state index < -0.39 is 26.6 Å². The van der Waals surface area contributed by atoms with Gasteiger partial charge in [-0.25, -0.2) is 26.5 Å². The Morgan fingerprint density at radius 1 is 1.11 bits per heavy atom. The van der Waals surface area contributed by atoms with Crippen LogP contribution >= 0.6 is 11.3 Å². The molecule has 0 aliphatic heterocycles. The van der Waals surface area contributed by atoms with E-state index in [0.717, 1.165) is 27.8 Å². The van der Waals surface area contributed by atoms with Gasteiger partial charge < -0.3 is 0 Å². The average molecular weight is 423 g/mol. The Balaban J connectivity index is 1.83. The molecule has 3 aromatic rings. The minimum absolute atomic E-state index is 0.0274. The van der Waals surface area contributed by atoms with E-state index in [9.17, 15) is 22.0 Å². The van der Waals surface area contributed by atoms with Gasteiger partial charge in [0.15, 0.2) is 5.13 Å². The van der Waals surface area contributed by atoms with Gasteiger partial charge in [-0.2, -0.15) is 0 Å². The number of thiazole rings is 1. The highest BCUT2D eigenvalue weighted by atomic mass is 32.2. The molecule has 6 nitrogen and oxygen atoms in total. The molecule has 146 valence electrons. The SMILES string of the molecule is CN(C)S(=O)(=O)c1cc(C(=O)Nc2nc(-c3ccc(F)cc3)cs2)ccc1F. The molecule has 3 rings (SSSR count). The summed E-state index contributed by atoms with van der Waals surface area (Å²) in [5.74, 6) is -1.94. The highest BCUT2D eigenvalue weighted by Crippen LogP contribution is 2.26. The van der Waals surface area contributed by atoms with Crippen molar-refractivity contribution in [1.29, 1.82) is 0 Å². The molecule has 0 radical (unpaired) electrons. The van der Waals surface area contributed by atoms with E-state index in [-0.39, 0.29) is 16.5 Å². The molecule has 0 saturated carbocycles. The largest absolute Gasteiger partial charge is 0.298 e. The average Bonchev–Trinajstić information content (AvgIpc) is 3.10. The van der Waals surface area contributed by atoms with Crippen LogP contribution in [-0.2, 0) is 10.0 Å². The van der Waals surface area contributed by atoms with E-state index in [4.69, 9.17) is 0 Å². The fourth-order valence-corrected chi connectivity index (χ4v) is 3.99. The molecule has 0 bridgehead atoms. The van der Waals surface area contributed by atoms with E-state index in [2.05, 4.69) is 10.3 Å². The first kappa shape index (κ1) is 20.1. The molecule has 0 fully saturated rings. The van der Waals surface area contributed by atoms with Crippen LogP contribution in [0.4, 0.5) is 13.9 Å². The van der Waals surface area contributed by atoms with Crippen molar-refractivity contribution in [3.8, 4) is 11.3 Å². The number of carbonyl (C=O) groups excluding carboxylic acids is 1. The summed E-state index contributed by atoms with van der Waals surface area (Å²) < 4.78 is 52.2. The maximum atomic E-state index is 14.0. The summed E-state index contributed by atoms with van der Waals surface area (Å²) in [6.07, 6.45) is 0. The third-order valence-electron chi connectivity index (χ3n) is 3.82. The zero-order valence-corrected chi connectivity index (χ0v) is 16.4. The number of nitrogens with one attached hydrogen (secondary N) is 1. The lowest BCUT2D eigenvalue weighted by Gasteiger charge is -2.13. The lowest BCUT2D eigenvalue weighted by atomic mass is 10.2. The summed E-state index contributed by atoms with van der Waals surface area (Å²) in [6.45, 7) is 0. The molecule has 1 aromatic heterocycles. The van der Waals surface area contributed by atoms with E-state index in [1.807, 2.05) is 0 Å². The molecule has 0 saturated heterocycles. The lowest BCUT2D eigenvalue weighted by molar-refractivity contribution is 0.102. The topological polar surface area (TPSA) is 79.4 Å². The quantitative estimate of drug-likeness (QED) is 0.680. The normalized spacial score (nSPS) is 11.6. The second-order valence-corrected chi connectivity index (χ2v) is 8.91. The number of hydrogen-bond donors (Lipinski definition) is 1. The first-order valence-electron chi connectivity index (χ1n) is 7.93. The number of carbonyl (C=O) groups is 1. The number of sulfonamides is 1. The number of amides is 1. The van der Waals surface area contributed by atoms with Crippen molar-refractivity contribution in [3.05, 3.63) is 65.0 Å². The van der Waals surface area contributed by atoms with E-state index in [1.54, 1.807) is 17.5 Å². The van der Waals surface area contributed by atoms with Crippen LogP contribution in [0.2, 0.25) is 0 Å². The maximum Gasteiger partial charge on any atom is 0.257 e. The molecule has 0 unspecified atom stereocenters. The third kappa shape index (κ3) is 4.08. The summed E-state index contributed by atoms with van der Waals surface area (Å²) in [5.41, 5.74) is 1.20. The highest BCUT2D eigenvalue weighted by Gasteiger charge is 2.23. The standard InChI is InChI=1S/C18H15F2N3O3S2/c1-23(2)28(25,26)16-9-12(5-8-14(16)20)17(24)22-18-21-15(10-27-18)11-3-6-13(19)7-4-11/h3-10H,1-2H3,(H,21,22,24). The van der Waals surface area contributed by atoms with Gasteiger partial charge in [0.05, 0.1) is 5.69 Å². The van der Waals surface area contributed by atoms with Crippen LogP contribution in [-0.4, -0.2) is 37.7 Å². The summed E-state index contributed by atoms with van der Waals surface area (Å²) in [4.78, 5) is 16.1. The molecule has 1 N–H and O–H groups in total. The maximum absolute atomic E-state index is 14.0. The lowest BCUT2D eigenvalue weighted by Crippen LogP contribution is -2.24. The van der Waals surface area contributed by atoms with Gasteiger partial charge in [-0.3, -0.25) is 10.1 Å². The van der Waals surface area contributed by atoms with Crippen LogP contribution in [0.3, 0.4) is 0 Å². The van der Waals surface area contributed by atoms with Crippen LogP contribution in [0.1, 0.15) is 10.4 Å². The Kier molecular flexibility index (Phi) is 5.54. The van der Waals surface area contributed by atoms with Gasteiger partial charge in [0.25, 0.3) is 5.91 Å². The second kappa shape index (κ2) is 7.74. The van der Waals surface area contributed by atoms with E-state index in [0.29, 0.717) is 11.3 Å². The molecule has 10 heteroatoms. The number of aromatic nitrogens is 1. The van der Waals surface area contributed by atoms with Gasteiger partial charge in [-0.05, 0) is 42.5 Å². The molecule has 0 aliphatic carbocycles. The summed E-state index contributed by atoms with van der Waals surface area (Å²) in [6, 6.07) is 8.83. The Morgan fingerprint density at radius 2 is 1.79 bits per heavy atom. The van der Waals surface area contributed by atoms with Gasteiger partial charge >= 0.3 is 0 Å². The molecule has 0 atom stereocenters. The third-order valence-corrected chi connectivity index (χ3v) is 6.40. The van der Waals surface area contributed by atoms with Gasteiger partial charge in [-0.15, -0.1) is 11.3 Å². The zero-order valence-electron chi connectivity index (χ0n) is 14.8. The molecule has 1 amide bonds. The molecule has 28 heavy (non-hydrogen) atoms. The van der Waals surface area contributed by atoms with Crippen molar-refractivity contribution in [2.75, 3.05) is 19.4 Å². The van der Waals surface area contributed by atoms with Crippen LogP contribution in [0.5, 0.6) is 0 Å². The van der Waals surface area contributed by atoms with E-state index >= 15 is 0 Å². The van der Waals surface area contributed by atoms with Crippen LogP contribution in [0, 0.1) is 11.6 Å². The number of benzene rings is 2. The molecular formula is C18H15F2N3O3S2. The van der Waals surface area contributed by atoms with Gasteiger partial charge in [-0.1, -0.05) is 0 Å². The summed E-state index contributed by atoms with van der Waals surface area (Å²) in [5, 5.41) is 4.51. The van der Waals surface area contributed by atoms with Crippen molar-refractivity contribution < 1.29 is 22.0 Å². The van der Waals surface area contributed by atoms with Crippen molar-refractivity contribution >= 4 is 32.4 Å². The molecule has 1 heterocycles. The summed E-state index contributed by atoms with van der Waals surface area (Å²) >= 11 is 1.15. The van der Waals surface area contributed by atoms with E-state index in [1.165, 1.54) is 32.3 Å². The molecular weight excluding hydrogens is 408 g/mol. The Labute approximate surface area is 164 Å². The van der Waals surface area contributed by atoms with Crippen LogP contribution in [0.15, 0.2) is 52.7 Å². The van der Waals surface area contributed by atoms with Crippen molar-refractivity contribution in [2.24, 2.45) is 0 Å². The number of halogens is 2. The first-order chi connectivity index (χ1) is 13.2. The molecule has 0 aliphatic rings. The summed E-state index contributed by atoms with van der Waals surface area (Å²) in [7, 11) is -1.49. The highest BCUT2D eigenvalue weighted by molar-refractivity contribution is 7.89. The molecule has 0 spiro atoms. The predicted octanol–water partition coefficient (Wildman–Crippen LogP) is 3.59. The number of anilines is 1. The minimum Gasteiger partial charge on any atom is -0.298 e. The predicted molar refractivity (Wildman–Crippen MR) is 103 cm³/mol. The van der Waals surface area contributed by atoms with Crippen molar-refractivity contribution in [3.63, 3.8) is 0 Å². The number of nitrogens with zero attached hydrogens (tertiary/aromatic N) is 2. The Bertz CT molecular complexity index is 1130. The number of hydrogen-bond acceptors (Lipinski definition) is 5. The van der Waals surface area contributed by atoms with Crippen LogP contribution in [0.25, 0.3) is 11.3 Å². The monoisotopic (exact) mass is 423 g/mol. The van der Waals surface area contributed by atoms with Crippen molar-refractivity contribution in [1.82, 2.24) is 9.29 Å². The van der Waals surface area contributed by atoms with Crippen LogP contribution < -0.4 is 5.32 Å². The first-order valence-corrected chi connectivity index (χ1v) is 10.3. The Morgan fingerprint density at radius 3 is 2.43 bits per heavy atom. The fraction of sp³-hybridized carbons (Fsp3) is 0.111. The fourth-order valence-electron chi connectivity index (χ4n) is 2.29. The van der Waals surface area contributed by atoms with Crippen molar-refractivity contribution in [2.45, 2.75) is 4.90 Å². The van der Waals surface area contributed by atoms with Gasteiger partial charge in [0, 0.05) is 30.6 Å². The van der Waals surface area contributed by atoms with Gasteiger partial charge in [0.2, 0.25) is 10.0 Å². The second-order valence-electron chi connectivity index (χ2n) is 5.93.